The molecule has 6 bridgehead atoms. The fourth-order valence-electron chi connectivity index (χ4n) is 9.60. The Bertz CT molecular complexity index is 2430. The van der Waals surface area contributed by atoms with Crippen molar-refractivity contribution in [1.82, 2.24) is 35.5 Å². The number of fused-ring (bicyclic) bond motifs is 6. The van der Waals surface area contributed by atoms with E-state index in [-0.39, 0.29) is 57.2 Å². The Morgan fingerprint density at radius 2 is 1.84 bits per heavy atom. The minimum atomic E-state index is -2.26. The van der Waals surface area contributed by atoms with Crippen LogP contribution in [0, 0.1) is 11.3 Å². The number of benzene rings is 2. The molecule has 3 aliphatic rings. The zero-order chi connectivity index (χ0) is 46.3. The van der Waals surface area contributed by atoms with Gasteiger partial charge in [-0.15, -0.1) is 0 Å². The van der Waals surface area contributed by atoms with Crippen molar-refractivity contribution in [3.05, 3.63) is 71.5 Å². The smallest absolute Gasteiger partial charge is 0.355 e. The first kappa shape index (κ1) is 46.6. The van der Waals surface area contributed by atoms with E-state index in [1.54, 1.807) is 33.2 Å². The van der Waals surface area contributed by atoms with Crippen molar-refractivity contribution in [3.63, 3.8) is 0 Å². The van der Waals surface area contributed by atoms with Gasteiger partial charge in [0.05, 0.1) is 24.1 Å². The number of aliphatic hydroxyl groups is 2. The lowest BCUT2D eigenvalue weighted by molar-refractivity contribution is -0.189. The molecule has 3 amide bonds. The molecule has 4 aromatic rings. The standard InChI is InChI=1S/C48H63N7O9/c1-9-54-38-14-13-31-24-35(38)36(41(54)34-12-10-17-50-39(34)29(4)63-8)25-46(5,6)27-64-45(60)48(62)15-11-19-55(52-48)43(58)37(22-30-20-32(31)23-33(56)21-30)51-42(57)40(28(2)3)53(7)44(59)47(61)16-18-49-26-47/h10,12-14,17,20-21,23-24,28-29,37,40,49,52,56,61-62H,9,11,15-16,18-19,22,25-27H2,1-8H3,(H,51,57)/t29-,37-,40-,47+,48-/m0/s1. The molecule has 0 spiro atoms. The molecule has 3 aliphatic heterocycles. The molecule has 0 unspecified atom stereocenters. The molecule has 16 nitrogen and oxygen atoms in total. The van der Waals surface area contributed by atoms with E-state index in [2.05, 4.69) is 39.7 Å². The molecule has 5 atom stereocenters. The van der Waals surface area contributed by atoms with Crippen LogP contribution < -0.4 is 16.1 Å². The molecule has 6 N–H and O–H groups in total. The largest absolute Gasteiger partial charge is 0.508 e. The number of aromatic hydroxyl groups is 1. The highest BCUT2D eigenvalue weighted by Gasteiger charge is 2.47. The number of rotatable bonds is 9. The average Bonchev–Trinajstić information content (AvgIpc) is 3.84. The van der Waals surface area contributed by atoms with E-state index in [1.165, 1.54) is 18.0 Å². The number of methoxy groups -OCH3 is 1. The Kier molecular flexibility index (Phi) is 13.3. The summed E-state index contributed by atoms with van der Waals surface area (Å²) in [5, 5.41) is 42.2. The summed E-state index contributed by atoms with van der Waals surface area (Å²) in [5.74, 6) is -3.34. The van der Waals surface area contributed by atoms with Gasteiger partial charge >= 0.3 is 5.97 Å². The second-order valence-corrected chi connectivity index (χ2v) is 18.8. The number of esters is 1. The average molecular weight is 882 g/mol. The predicted molar refractivity (Wildman–Crippen MR) is 240 cm³/mol. The normalized spacial score (nSPS) is 23.7. The third kappa shape index (κ3) is 9.11. The summed E-state index contributed by atoms with van der Waals surface area (Å²) in [6.07, 6.45) is 2.16. The van der Waals surface area contributed by atoms with Crippen LogP contribution >= 0.6 is 0 Å². The van der Waals surface area contributed by atoms with Crippen molar-refractivity contribution in [2.24, 2.45) is 11.3 Å². The molecule has 16 heteroatoms. The van der Waals surface area contributed by atoms with Crippen LogP contribution in [0.15, 0.2) is 54.7 Å². The van der Waals surface area contributed by atoms with Gasteiger partial charge in [-0.3, -0.25) is 24.4 Å². The molecule has 2 fully saturated rings. The Balaban J connectivity index is 1.36. The number of aryl methyl sites for hydroxylation is 1. The lowest BCUT2D eigenvalue weighted by atomic mass is 9.84. The molecular formula is C48H63N7O9. The summed E-state index contributed by atoms with van der Waals surface area (Å²) in [6, 6.07) is 12.7. The number of pyridine rings is 1. The Labute approximate surface area is 374 Å². The van der Waals surface area contributed by atoms with Crippen LogP contribution in [0.2, 0.25) is 0 Å². The van der Waals surface area contributed by atoms with Crippen molar-refractivity contribution in [2.45, 2.75) is 110 Å². The van der Waals surface area contributed by atoms with Crippen LogP contribution in [0.25, 0.3) is 33.3 Å². The number of cyclic esters (lactones) is 1. The maximum absolute atomic E-state index is 14.7. The Hall–Kier alpha value is -5.39. The summed E-state index contributed by atoms with van der Waals surface area (Å²) in [6.45, 7) is 12.7. The van der Waals surface area contributed by atoms with Crippen molar-refractivity contribution in [2.75, 3.05) is 40.4 Å². The number of nitrogens with zero attached hydrogens (tertiary/aromatic N) is 4. The van der Waals surface area contributed by atoms with Gasteiger partial charge in [0.1, 0.15) is 17.8 Å². The molecule has 2 saturated heterocycles. The number of hydrazine groups is 1. The molecule has 64 heavy (non-hydrogen) atoms. The maximum Gasteiger partial charge on any atom is 0.355 e. The van der Waals surface area contributed by atoms with Gasteiger partial charge in [0.25, 0.3) is 11.8 Å². The molecule has 7 rings (SSSR count). The zero-order valence-electron chi connectivity index (χ0n) is 38.2. The number of likely N-dealkylation sites (N-methyl/N-ethyl adjacent to an activating group) is 1. The molecule has 5 heterocycles. The monoisotopic (exact) mass is 881 g/mol. The van der Waals surface area contributed by atoms with Crippen LogP contribution in [0.5, 0.6) is 5.75 Å². The zero-order valence-corrected chi connectivity index (χ0v) is 38.2. The van der Waals surface area contributed by atoms with E-state index < -0.39 is 58.4 Å². The van der Waals surface area contributed by atoms with E-state index in [9.17, 15) is 34.5 Å². The summed E-state index contributed by atoms with van der Waals surface area (Å²) in [5.41, 5.74) is 4.68. The second-order valence-electron chi connectivity index (χ2n) is 18.8. The number of ether oxygens (including phenoxy) is 2. The number of carbonyl (C=O) groups excluding carboxylic acids is 4. The van der Waals surface area contributed by atoms with Crippen molar-refractivity contribution < 1.29 is 44.0 Å². The second kappa shape index (κ2) is 18.2. The first-order valence-corrected chi connectivity index (χ1v) is 22.3. The van der Waals surface area contributed by atoms with Gasteiger partial charge in [-0.2, -0.15) is 5.43 Å². The highest BCUT2D eigenvalue weighted by Crippen LogP contribution is 2.42. The molecule has 0 saturated carbocycles. The highest BCUT2D eigenvalue weighted by molar-refractivity contribution is 5.96. The van der Waals surface area contributed by atoms with Gasteiger partial charge in [0.15, 0.2) is 5.60 Å². The number of hydrogen-bond acceptors (Lipinski definition) is 12. The highest BCUT2D eigenvalue weighted by atomic mass is 16.6. The SMILES string of the molecule is CCn1c(-c2cccnc2[C@H](C)OC)c2c3cc(ccc31)-c1cc(O)cc(c1)C[C@H](NC(=O)[C@H](C(C)C)N(C)C(=O)[C@@]1(O)CCNC1)C(=O)N1CCC[C@@](O)(N1)C(=O)OCC(C)(C)C2. The molecule has 2 aromatic heterocycles. The number of carbonyl (C=O) groups is 4. The van der Waals surface area contributed by atoms with Crippen LogP contribution in [-0.4, -0.2) is 122 Å². The van der Waals surface area contributed by atoms with Gasteiger partial charge in [-0.1, -0.05) is 39.8 Å². The minimum absolute atomic E-state index is 0.0402. The van der Waals surface area contributed by atoms with Gasteiger partial charge in [-0.05, 0) is 104 Å². The molecule has 2 aromatic carbocycles. The van der Waals surface area contributed by atoms with Crippen molar-refractivity contribution in [1.29, 1.82) is 0 Å². The molecule has 0 radical (unpaired) electrons. The summed E-state index contributed by atoms with van der Waals surface area (Å²) < 4.78 is 14.0. The fourth-order valence-corrected chi connectivity index (χ4v) is 9.60. The minimum Gasteiger partial charge on any atom is -0.508 e. The molecular weight excluding hydrogens is 819 g/mol. The number of aromatic nitrogens is 2. The van der Waals surface area contributed by atoms with E-state index in [4.69, 9.17) is 14.5 Å². The number of phenolic OH excluding ortho intramolecular Hbond substituents is 1. The number of β-amino-alcohol motifs (C(OH)–C–C–N with tert-alkyl or cyclic N) is 1. The quantitative estimate of drug-likeness (QED) is 0.132. The molecule has 0 aliphatic carbocycles. The first-order chi connectivity index (χ1) is 30.3. The maximum atomic E-state index is 14.7. The van der Waals surface area contributed by atoms with Crippen LogP contribution in [-0.2, 0) is 48.0 Å². The summed E-state index contributed by atoms with van der Waals surface area (Å²) >= 11 is 0. The topological polar surface area (TPSA) is 208 Å². The summed E-state index contributed by atoms with van der Waals surface area (Å²) in [7, 11) is 3.11. The Morgan fingerprint density at radius 1 is 1.08 bits per heavy atom. The number of amides is 3. The van der Waals surface area contributed by atoms with Crippen molar-refractivity contribution >= 4 is 34.6 Å². The van der Waals surface area contributed by atoms with E-state index in [0.29, 0.717) is 30.6 Å². The summed E-state index contributed by atoms with van der Waals surface area (Å²) in [4.78, 5) is 62.6. The van der Waals surface area contributed by atoms with Gasteiger partial charge in [0, 0.05) is 74.7 Å². The van der Waals surface area contributed by atoms with E-state index in [1.807, 2.05) is 45.0 Å². The predicted octanol–water partition coefficient (Wildman–Crippen LogP) is 3.98. The number of phenols is 1. The molecule has 344 valence electrons. The van der Waals surface area contributed by atoms with Crippen LogP contribution in [0.1, 0.15) is 83.7 Å². The van der Waals surface area contributed by atoms with Crippen LogP contribution in [0.4, 0.5) is 0 Å². The Morgan fingerprint density at radius 3 is 2.53 bits per heavy atom. The van der Waals surface area contributed by atoms with Crippen molar-refractivity contribution in [3.8, 4) is 28.1 Å². The van der Waals surface area contributed by atoms with Gasteiger partial charge < -0.3 is 44.9 Å². The van der Waals surface area contributed by atoms with E-state index in [0.717, 1.165) is 44.0 Å². The first-order valence-electron chi connectivity index (χ1n) is 22.3. The van der Waals surface area contributed by atoms with E-state index >= 15 is 0 Å². The lowest BCUT2D eigenvalue weighted by Crippen LogP contribution is -2.67. The number of hydrogen-bond donors (Lipinski definition) is 6. The third-order valence-corrected chi connectivity index (χ3v) is 12.9. The van der Waals surface area contributed by atoms with Gasteiger partial charge in [-0.25, -0.2) is 4.79 Å². The third-order valence-electron chi connectivity index (χ3n) is 12.9. The lowest BCUT2D eigenvalue weighted by Gasteiger charge is -2.40. The van der Waals surface area contributed by atoms with Crippen LogP contribution in [0.3, 0.4) is 0 Å². The number of nitrogens with one attached hydrogen (secondary N) is 3. The fraction of sp³-hybridized carbons (Fsp3) is 0.521. The van der Waals surface area contributed by atoms with Gasteiger partial charge in [0.2, 0.25) is 11.6 Å².